The molecule has 57 heavy (non-hydrogen) atoms. The summed E-state index contributed by atoms with van der Waals surface area (Å²) < 4.78 is 39.3. The molecule has 0 unspecified atom stereocenters. The Morgan fingerprint density at radius 3 is 1.39 bits per heavy atom. The second-order valence-corrected chi connectivity index (χ2v) is 12.1. The third-order valence-corrected chi connectivity index (χ3v) is 8.09. The summed E-state index contributed by atoms with van der Waals surface area (Å²) in [6.45, 7) is 7.18. The average molecular weight is 846 g/mol. The van der Waals surface area contributed by atoms with Crippen LogP contribution in [0.4, 0.5) is 19.2 Å². The van der Waals surface area contributed by atoms with Gasteiger partial charge in [-0.1, -0.05) is 0 Å². The maximum Gasteiger partial charge on any atom is 2.00 e. The minimum Gasteiger partial charge on any atom is -0.875 e. The van der Waals surface area contributed by atoms with Gasteiger partial charge in [-0.25, -0.2) is 19.2 Å². The van der Waals surface area contributed by atoms with E-state index in [0.717, 1.165) is 0 Å². The molecule has 0 aromatic heterocycles. The Labute approximate surface area is 340 Å². The van der Waals surface area contributed by atoms with Crippen LogP contribution in [0.15, 0.2) is 59.1 Å². The van der Waals surface area contributed by atoms with Crippen LogP contribution in [0, 0.1) is 0 Å². The molecule has 1 radical (unpaired) electrons. The summed E-state index contributed by atoms with van der Waals surface area (Å²) in [7, 11) is 0. The Bertz CT molecular complexity index is 1760. The Kier molecular flexibility index (Phi) is 20.8. The number of hydrogen-bond acceptors (Lipinski definition) is 16. The number of carbonyl (C=O) groups excluding carboxylic acids is 6. The van der Waals surface area contributed by atoms with E-state index in [-0.39, 0.29) is 115 Å². The summed E-state index contributed by atoms with van der Waals surface area (Å²) in [6, 6.07) is 8.80. The summed E-state index contributed by atoms with van der Waals surface area (Å²) >= 11 is 0. The molecule has 16 nitrogen and oxygen atoms in total. The first-order valence-corrected chi connectivity index (χ1v) is 18.4. The van der Waals surface area contributed by atoms with Crippen LogP contribution in [-0.2, 0) is 58.4 Å². The fraction of sp³-hybridized carbons (Fsp3) is 0.450. The zero-order chi connectivity index (χ0) is 41.0. The number of benzene rings is 2. The van der Waals surface area contributed by atoms with Crippen LogP contribution in [0.3, 0.4) is 0 Å². The Hall–Kier alpha value is -5.54. The number of rotatable bonds is 14. The molecule has 0 heterocycles. The van der Waals surface area contributed by atoms with E-state index in [9.17, 15) is 39.0 Å². The third kappa shape index (κ3) is 16.2. The van der Waals surface area contributed by atoms with Crippen LogP contribution in [0.2, 0.25) is 0 Å². The smallest absolute Gasteiger partial charge is 0.875 e. The van der Waals surface area contributed by atoms with Crippen molar-refractivity contribution in [3.63, 3.8) is 0 Å². The quantitative estimate of drug-likeness (QED) is 0.0522. The van der Waals surface area contributed by atoms with Crippen LogP contribution >= 0.6 is 0 Å². The van der Waals surface area contributed by atoms with Gasteiger partial charge >= 0.3 is 41.7 Å². The zero-order valence-electron chi connectivity index (χ0n) is 32.2. The fourth-order valence-corrected chi connectivity index (χ4v) is 5.60. The number of Topliss-reactive ketones (excluding diaryl/α,β-unsaturated/α-hetero) is 2. The van der Waals surface area contributed by atoms with E-state index < -0.39 is 24.6 Å². The van der Waals surface area contributed by atoms with Gasteiger partial charge in [-0.05, 0) is 132 Å². The number of hydrogen-bond donors (Lipinski definition) is 0. The van der Waals surface area contributed by atoms with Gasteiger partial charge in [-0.2, -0.15) is 0 Å². The van der Waals surface area contributed by atoms with Crippen LogP contribution < -0.4 is 29.2 Å². The van der Waals surface area contributed by atoms with Crippen LogP contribution in [0.1, 0.15) is 90.2 Å². The number of allylic oxidation sites excluding steroid dienone is 4. The average Bonchev–Trinajstić information content (AvgIpc) is 3.78. The van der Waals surface area contributed by atoms with Crippen molar-refractivity contribution in [2.24, 2.45) is 0 Å². The van der Waals surface area contributed by atoms with E-state index in [1.807, 2.05) is 0 Å². The van der Waals surface area contributed by atoms with E-state index in [0.29, 0.717) is 60.8 Å². The molecule has 0 N–H and O–H groups in total. The van der Waals surface area contributed by atoms with Gasteiger partial charge in [0.15, 0.2) is 11.6 Å². The first-order chi connectivity index (χ1) is 26.9. The van der Waals surface area contributed by atoms with Crippen molar-refractivity contribution >= 4 is 36.2 Å². The summed E-state index contributed by atoms with van der Waals surface area (Å²) in [5.41, 5.74) is 1.77. The Morgan fingerprint density at radius 1 is 0.544 bits per heavy atom. The Morgan fingerprint density at radius 2 is 0.965 bits per heavy atom. The van der Waals surface area contributed by atoms with Crippen molar-refractivity contribution < 1.29 is 93.9 Å². The zero-order valence-corrected chi connectivity index (χ0v) is 33.1. The van der Waals surface area contributed by atoms with E-state index in [4.69, 9.17) is 37.9 Å². The monoisotopic (exact) mass is 845 g/mol. The van der Waals surface area contributed by atoms with Gasteiger partial charge in [0.2, 0.25) is 0 Å². The molecule has 4 rings (SSSR count). The molecule has 2 aliphatic carbocycles. The van der Waals surface area contributed by atoms with E-state index in [1.165, 1.54) is 24.3 Å². The second-order valence-electron chi connectivity index (χ2n) is 12.1. The number of ether oxygens (including phenoxy) is 8. The summed E-state index contributed by atoms with van der Waals surface area (Å²) in [5, 5.41) is 24.6. The molecule has 2 fully saturated rings. The van der Waals surface area contributed by atoms with Gasteiger partial charge in [0, 0.05) is 18.9 Å². The molecule has 0 bridgehead atoms. The predicted octanol–water partition coefficient (Wildman–Crippen LogP) is 6.11. The van der Waals surface area contributed by atoms with E-state index >= 15 is 0 Å². The van der Waals surface area contributed by atoms with Crippen LogP contribution in [0.5, 0.6) is 23.0 Å². The minimum atomic E-state index is -0.898. The Balaban J connectivity index is 0.000000387. The third-order valence-electron chi connectivity index (χ3n) is 8.09. The topological polar surface area (TPSA) is 222 Å². The largest absolute Gasteiger partial charge is 2.00 e. The molecule has 0 spiro atoms. The van der Waals surface area contributed by atoms with Crippen LogP contribution in [-0.4, -0.2) is 62.6 Å². The first-order valence-electron chi connectivity index (χ1n) is 18.4. The van der Waals surface area contributed by atoms with E-state index in [2.05, 4.69) is 0 Å². The SMILES string of the molecule is CCOC(=O)Oc1cc(CCC([O-])=C2CCCC2=O)cc(OC(=O)OCC)c1.CCOC(=O)Oc1ccc(OC(=O)OCC)c(CCC([O-])=C2CCCC2=O)c1.[Cu+2]. The minimum absolute atomic E-state index is 0. The fourth-order valence-electron chi connectivity index (χ4n) is 5.60. The van der Waals surface area contributed by atoms with Crippen molar-refractivity contribution in [2.75, 3.05) is 26.4 Å². The number of carbonyl (C=O) groups is 6. The molecule has 313 valence electrons. The molecule has 2 aromatic carbocycles. The standard InChI is InChI=1S/2C20H24O8.Cu/c1-3-25-19(23)27-14-9-11-18(28-20(24)26-4-2)13(12-14)8-10-17(22)15-6-5-7-16(15)21;1-3-25-19(23)27-14-10-13(11-15(12-14)28-20(24)26-4-2)8-9-18(22)16-6-5-7-17(16)21;/h9,11-12,22H,3-8,10H2,1-2H3;10-12,22H,3-9H2,1-2H3;/q;;+2/p-2. The molecule has 0 atom stereocenters. The van der Waals surface area contributed by atoms with Gasteiger partial charge in [0.05, 0.1) is 26.4 Å². The molecule has 0 saturated heterocycles. The number of aryl methyl sites for hydroxylation is 2. The van der Waals surface area contributed by atoms with Crippen molar-refractivity contribution in [1.29, 1.82) is 0 Å². The molecule has 17 heteroatoms. The summed E-state index contributed by atoms with van der Waals surface area (Å²) in [5.74, 6) is -0.0250. The molecule has 2 aromatic rings. The maximum atomic E-state index is 12.3. The van der Waals surface area contributed by atoms with E-state index in [1.54, 1.807) is 39.8 Å². The molecular formula is C40H46CuO16. The van der Waals surface area contributed by atoms with Crippen LogP contribution in [0.25, 0.3) is 0 Å². The molecule has 2 saturated carbocycles. The number of ketones is 2. The van der Waals surface area contributed by atoms with Gasteiger partial charge in [0.1, 0.15) is 23.0 Å². The second kappa shape index (κ2) is 24.9. The van der Waals surface area contributed by atoms with Crippen molar-refractivity contribution in [1.82, 2.24) is 0 Å². The van der Waals surface area contributed by atoms with Gasteiger partial charge in [0.25, 0.3) is 0 Å². The molecule has 0 aliphatic heterocycles. The molecular weight excluding hydrogens is 800 g/mol. The molecule has 2 aliphatic rings. The first kappa shape index (κ1) is 47.6. The summed E-state index contributed by atoms with van der Waals surface area (Å²) in [6.07, 6.45) is 0.380. The van der Waals surface area contributed by atoms with Gasteiger partial charge in [-0.3, -0.25) is 9.59 Å². The summed E-state index contributed by atoms with van der Waals surface area (Å²) in [4.78, 5) is 69.7. The van der Waals surface area contributed by atoms with Gasteiger partial charge in [-0.15, -0.1) is 11.5 Å². The van der Waals surface area contributed by atoms with Crippen molar-refractivity contribution in [2.45, 2.75) is 91.9 Å². The normalized spacial score (nSPS) is 14.9. The van der Waals surface area contributed by atoms with Crippen molar-refractivity contribution in [3.05, 3.63) is 70.2 Å². The van der Waals surface area contributed by atoms with Gasteiger partial charge < -0.3 is 48.1 Å². The molecule has 0 amide bonds. The predicted molar refractivity (Wildman–Crippen MR) is 192 cm³/mol. The maximum absolute atomic E-state index is 12.3. The van der Waals surface area contributed by atoms with Crippen molar-refractivity contribution in [3.8, 4) is 23.0 Å².